The number of H-pyrrole nitrogens is 1. The van der Waals surface area contributed by atoms with Crippen LogP contribution >= 0.6 is 0 Å². The van der Waals surface area contributed by atoms with E-state index in [2.05, 4.69) is 45.5 Å². The van der Waals surface area contributed by atoms with Crippen molar-refractivity contribution >= 4 is 22.5 Å². The van der Waals surface area contributed by atoms with E-state index in [1.165, 1.54) is 16.8 Å². The third kappa shape index (κ3) is 3.29. The molecule has 7 nitrogen and oxygen atoms in total. The van der Waals surface area contributed by atoms with Crippen molar-refractivity contribution in [3.8, 4) is 5.75 Å². The van der Waals surface area contributed by atoms with Gasteiger partial charge in [-0.2, -0.15) is 5.10 Å². The van der Waals surface area contributed by atoms with Crippen LogP contribution in [0, 0.1) is 0 Å². The number of piperazine rings is 1. The number of nitrogens with zero attached hydrogens (tertiary/aromatic N) is 3. The summed E-state index contributed by atoms with van der Waals surface area (Å²) in [6.45, 7) is 7.23. The highest BCUT2D eigenvalue weighted by Crippen LogP contribution is 2.32. The fourth-order valence-corrected chi connectivity index (χ4v) is 4.52. The maximum atomic E-state index is 13.3. The van der Waals surface area contributed by atoms with Gasteiger partial charge in [0.2, 0.25) is 0 Å². The Balaban J connectivity index is 1.40. The highest BCUT2D eigenvalue weighted by Gasteiger charge is 2.27. The van der Waals surface area contributed by atoms with Crippen LogP contribution in [0.1, 0.15) is 40.5 Å². The summed E-state index contributed by atoms with van der Waals surface area (Å²) >= 11 is 0. The Morgan fingerprint density at radius 1 is 1.13 bits per heavy atom. The number of carbonyl (C=O) groups excluding carboxylic acids is 1. The van der Waals surface area contributed by atoms with E-state index in [1.54, 1.807) is 12.1 Å². The number of aromatic nitrogens is 2. The van der Waals surface area contributed by atoms with E-state index in [0.717, 1.165) is 55.6 Å². The molecule has 0 bridgehead atoms. The first-order chi connectivity index (χ1) is 14.6. The van der Waals surface area contributed by atoms with Crippen molar-refractivity contribution in [2.24, 2.45) is 0 Å². The molecule has 30 heavy (non-hydrogen) atoms. The first-order valence-corrected chi connectivity index (χ1v) is 10.7. The van der Waals surface area contributed by atoms with Crippen LogP contribution in [0.2, 0.25) is 0 Å². The molecule has 5 rings (SSSR count). The minimum Gasteiger partial charge on any atom is -0.507 e. The summed E-state index contributed by atoms with van der Waals surface area (Å²) in [5.41, 5.74) is 5.63. The molecule has 0 aliphatic carbocycles. The van der Waals surface area contributed by atoms with Gasteiger partial charge in [0.1, 0.15) is 5.75 Å². The normalized spacial score (nSPS) is 16.3. The molecule has 3 aromatic rings. The molecule has 7 heteroatoms. The smallest absolute Gasteiger partial charge is 0.258 e. The van der Waals surface area contributed by atoms with Crippen molar-refractivity contribution in [2.45, 2.75) is 32.9 Å². The van der Waals surface area contributed by atoms with Crippen molar-refractivity contribution in [1.29, 1.82) is 0 Å². The molecular weight excluding hydrogens is 378 g/mol. The molecule has 3 N–H and O–H groups in total. The number of aromatic amines is 1. The number of phenols is 1. The molecule has 1 aromatic heterocycles. The van der Waals surface area contributed by atoms with E-state index in [9.17, 15) is 9.90 Å². The van der Waals surface area contributed by atoms with Gasteiger partial charge < -0.3 is 20.2 Å². The van der Waals surface area contributed by atoms with Gasteiger partial charge in [-0.1, -0.05) is 19.4 Å². The van der Waals surface area contributed by atoms with E-state index in [-0.39, 0.29) is 11.7 Å². The largest absolute Gasteiger partial charge is 0.507 e. The number of benzene rings is 2. The van der Waals surface area contributed by atoms with Gasteiger partial charge in [-0.05, 0) is 35.7 Å². The van der Waals surface area contributed by atoms with E-state index in [0.29, 0.717) is 18.7 Å². The van der Waals surface area contributed by atoms with Gasteiger partial charge in [0.25, 0.3) is 5.91 Å². The summed E-state index contributed by atoms with van der Waals surface area (Å²) < 4.78 is 0. The van der Waals surface area contributed by atoms with Crippen LogP contribution in [0.3, 0.4) is 0 Å². The lowest BCUT2D eigenvalue weighted by Gasteiger charge is -2.29. The Morgan fingerprint density at radius 3 is 2.73 bits per heavy atom. The number of amides is 1. The number of nitrogens with one attached hydrogen (secondary N) is 2. The van der Waals surface area contributed by atoms with E-state index in [4.69, 9.17) is 0 Å². The van der Waals surface area contributed by atoms with Crippen LogP contribution in [0.25, 0.3) is 10.9 Å². The quantitative estimate of drug-likeness (QED) is 0.622. The van der Waals surface area contributed by atoms with Crippen LogP contribution < -0.4 is 10.2 Å². The van der Waals surface area contributed by atoms with Crippen LogP contribution in [0.4, 0.5) is 5.69 Å². The SMILES string of the molecule is CCCc1n[nH]c2cc(O)c(C(=O)N3Cc4ccc(N5CCNCC5)cc4C3)cc12. The topological polar surface area (TPSA) is 84.5 Å². The molecule has 0 saturated carbocycles. The first kappa shape index (κ1) is 18.9. The molecule has 2 aromatic carbocycles. The molecular formula is C23H27N5O2. The minimum absolute atomic E-state index is 0.00309. The summed E-state index contributed by atoms with van der Waals surface area (Å²) in [7, 11) is 0. The Bertz CT molecular complexity index is 1100. The number of rotatable bonds is 4. The van der Waals surface area contributed by atoms with Crippen molar-refractivity contribution in [1.82, 2.24) is 20.4 Å². The first-order valence-electron chi connectivity index (χ1n) is 10.7. The lowest BCUT2D eigenvalue weighted by atomic mass is 10.1. The number of carbonyl (C=O) groups is 1. The lowest BCUT2D eigenvalue weighted by molar-refractivity contribution is 0.0748. The van der Waals surface area contributed by atoms with Crippen LogP contribution in [0.15, 0.2) is 30.3 Å². The fraction of sp³-hybridized carbons (Fsp3) is 0.391. The Kier molecular flexibility index (Phi) is 4.83. The molecule has 3 heterocycles. The van der Waals surface area contributed by atoms with Crippen LogP contribution in [-0.4, -0.2) is 52.3 Å². The van der Waals surface area contributed by atoms with Crippen molar-refractivity contribution in [3.63, 3.8) is 0 Å². The van der Waals surface area contributed by atoms with Crippen LogP contribution in [0.5, 0.6) is 5.75 Å². The predicted octanol–water partition coefficient (Wildman–Crippen LogP) is 2.79. The molecule has 0 atom stereocenters. The second-order valence-corrected chi connectivity index (χ2v) is 8.19. The number of fused-ring (bicyclic) bond motifs is 2. The molecule has 0 spiro atoms. The second kappa shape index (κ2) is 7.65. The number of anilines is 1. The van der Waals surface area contributed by atoms with E-state index >= 15 is 0 Å². The van der Waals surface area contributed by atoms with Crippen molar-refractivity contribution in [2.75, 3.05) is 31.1 Å². The summed E-state index contributed by atoms with van der Waals surface area (Å²) in [5, 5.41) is 22.1. The molecule has 2 aliphatic heterocycles. The van der Waals surface area contributed by atoms with Gasteiger partial charge in [-0.25, -0.2) is 0 Å². The van der Waals surface area contributed by atoms with E-state index < -0.39 is 0 Å². The highest BCUT2D eigenvalue weighted by molar-refractivity contribution is 6.01. The molecule has 1 fully saturated rings. The lowest BCUT2D eigenvalue weighted by Crippen LogP contribution is -2.43. The zero-order valence-corrected chi connectivity index (χ0v) is 17.2. The average Bonchev–Trinajstić information content (AvgIpc) is 3.37. The van der Waals surface area contributed by atoms with Gasteiger partial charge in [-0.15, -0.1) is 0 Å². The fourth-order valence-electron chi connectivity index (χ4n) is 4.52. The number of aromatic hydroxyl groups is 1. The number of aryl methyl sites for hydroxylation is 1. The standard InChI is InChI=1S/C23H27N5O2/c1-2-3-20-18-11-19(22(29)12-21(18)26-25-20)23(30)28-13-15-4-5-17(10-16(15)14-28)27-8-6-24-7-9-27/h4-5,10-12,24,29H,2-3,6-9,13-14H2,1H3,(H,25,26). The van der Waals surface area contributed by atoms with Gasteiger partial charge in [-0.3, -0.25) is 9.89 Å². The third-order valence-electron chi connectivity index (χ3n) is 6.16. The maximum absolute atomic E-state index is 13.3. The van der Waals surface area contributed by atoms with Crippen LogP contribution in [-0.2, 0) is 19.5 Å². The number of phenolic OH excluding ortho intramolecular Hbond substituents is 1. The summed E-state index contributed by atoms with van der Waals surface area (Å²) in [6.07, 6.45) is 1.81. The summed E-state index contributed by atoms with van der Waals surface area (Å²) in [4.78, 5) is 17.5. The maximum Gasteiger partial charge on any atom is 0.258 e. The summed E-state index contributed by atoms with van der Waals surface area (Å²) in [5.74, 6) is -0.144. The molecule has 1 saturated heterocycles. The van der Waals surface area contributed by atoms with Gasteiger partial charge >= 0.3 is 0 Å². The Morgan fingerprint density at radius 2 is 1.93 bits per heavy atom. The highest BCUT2D eigenvalue weighted by atomic mass is 16.3. The predicted molar refractivity (Wildman–Crippen MR) is 117 cm³/mol. The zero-order valence-electron chi connectivity index (χ0n) is 17.2. The molecule has 0 radical (unpaired) electrons. The Labute approximate surface area is 175 Å². The zero-order chi connectivity index (χ0) is 20.7. The van der Waals surface area contributed by atoms with Crippen molar-refractivity contribution < 1.29 is 9.90 Å². The molecule has 0 unspecified atom stereocenters. The van der Waals surface area contributed by atoms with Crippen molar-refractivity contribution in [3.05, 3.63) is 52.7 Å². The number of hydrogen-bond donors (Lipinski definition) is 3. The second-order valence-electron chi connectivity index (χ2n) is 8.19. The third-order valence-corrected chi connectivity index (χ3v) is 6.16. The minimum atomic E-state index is -0.141. The van der Waals surface area contributed by atoms with Gasteiger partial charge in [0, 0.05) is 56.4 Å². The monoisotopic (exact) mass is 405 g/mol. The molecule has 1 amide bonds. The van der Waals surface area contributed by atoms with E-state index in [1.807, 2.05) is 4.90 Å². The molecule has 156 valence electrons. The van der Waals surface area contributed by atoms with Gasteiger partial charge in [0.15, 0.2) is 0 Å². The average molecular weight is 406 g/mol. The summed E-state index contributed by atoms with van der Waals surface area (Å²) in [6, 6.07) is 9.91. The van der Waals surface area contributed by atoms with Gasteiger partial charge in [0.05, 0.1) is 16.8 Å². The molecule has 2 aliphatic rings. The number of hydrogen-bond acceptors (Lipinski definition) is 5. The Hall–Kier alpha value is -3.06.